The number of methoxy groups -OCH3 is 1. The Kier molecular flexibility index (Phi) is 16.4. The van der Waals surface area contributed by atoms with E-state index < -0.39 is 5.82 Å². The topological polar surface area (TPSA) is 109 Å². The summed E-state index contributed by atoms with van der Waals surface area (Å²) in [4.78, 5) is 12.9. The zero-order valence-electron chi connectivity index (χ0n) is 30.8. The number of aliphatic hydroxyl groups excluding tert-OH is 1. The number of rotatable bonds is 10. The molecule has 2 unspecified atom stereocenters. The first-order chi connectivity index (χ1) is 24.6. The maximum absolute atomic E-state index is 13.9. The van der Waals surface area contributed by atoms with Crippen molar-refractivity contribution in [1.29, 1.82) is 0 Å². The van der Waals surface area contributed by atoms with Gasteiger partial charge < -0.3 is 25.9 Å². The number of fused-ring (bicyclic) bond motifs is 1. The first-order valence-electron chi connectivity index (χ1n) is 17.5. The molecule has 5 N–H and O–H groups in total. The lowest BCUT2D eigenvalue weighted by Gasteiger charge is -2.23. The normalized spacial score (nSPS) is 13.1. The molecule has 5 aromatic rings. The van der Waals surface area contributed by atoms with Gasteiger partial charge in [-0.05, 0) is 97.9 Å². The molecule has 51 heavy (non-hydrogen) atoms. The number of aliphatic hydroxyl groups is 1. The quantitative estimate of drug-likeness (QED) is 0.106. The van der Waals surface area contributed by atoms with Gasteiger partial charge in [-0.25, -0.2) is 9.37 Å². The number of halogens is 3. The molecule has 0 spiro atoms. The van der Waals surface area contributed by atoms with Gasteiger partial charge in [0.05, 0.1) is 40.7 Å². The van der Waals surface area contributed by atoms with E-state index in [1.807, 2.05) is 51.2 Å². The highest BCUT2D eigenvalue weighted by atomic mass is 35.5. The average molecular weight is 737 g/mol. The van der Waals surface area contributed by atoms with Gasteiger partial charge in [0, 0.05) is 23.9 Å². The number of ether oxygens (including phenoxy) is 1. The molecular formula is C41H52Cl2FN5O2. The molecule has 6 rings (SSSR count). The Balaban J connectivity index is 0.000000278. The number of nitrogens with zero attached hydrogens (tertiary/aromatic N) is 2. The van der Waals surface area contributed by atoms with Crippen LogP contribution < -0.4 is 15.8 Å². The summed E-state index contributed by atoms with van der Waals surface area (Å²) < 4.78 is 19.2. The van der Waals surface area contributed by atoms with Gasteiger partial charge in [-0.3, -0.25) is 4.98 Å². The summed E-state index contributed by atoms with van der Waals surface area (Å²) >= 11 is 12.6. The van der Waals surface area contributed by atoms with Crippen LogP contribution in [0.4, 0.5) is 4.39 Å². The number of H-pyrrole nitrogens is 1. The lowest BCUT2D eigenvalue weighted by molar-refractivity contribution is 0.281. The SMILES string of the molecule is C=CN.CC.CCC(C)c1cc(C(CNC)c2ccccc2)nc(-c2ccc(F)c(Cl)c2Cl)c1C.COc1cc(CO)cc2[nH]c(C3CC3)nc12. The minimum atomic E-state index is -0.529. The number of benzene rings is 3. The Morgan fingerprint density at radius 3 is 2.33 bits per heavy atom. The van der Waals surface area contributed by atoms with E-state index in [2.05, 4.69) is 66.6 Å². The molecule has 1 fully saturated rings. The van der Waals surface area contributed by atoms with E-state index in [0.29, 0.717) is 17.4 Å². The summed E-state index contributed by atoms with van der Waals surface area (Å²) in [5.41, 5.74) is 13.1. The van der Waals surface area contributed by atoms with Crippen LogP contribution >= 0.6 is 23.2 Å². The monoisotopic (exact) mass is 735 g/mol. The number of aromatic amines is 1. The van der Waals surface area contributed by atoms with Crippen LogP contribution in [0.2, 0.25) is 10.0 Å². The van der Waals surface area contributed by atoms with Crippen molar-refractivity contribution in [3.8, 4) is 17.0 Å². The number of nitrogens with two attached hydrogens (primary N) is 1. The van der Waals surface area contributed by atoms with Crippen LogP contribution in [0.3, 0.4) is 0 Å². The Bertz CT molecular complexity index is 1860. The van der Waals surface area contributed by atoms with Gasteiger partial charge >= 0.3 is 0 Å². The van der Waals surface area contributed by atoms with E-state index in [0.717, 1.165) is 58.1 Å². The minimum Gasteiger partial charge on any atom is -0.494 e. The second-order valence-electron chi connectivity index (χ2n) is 12.1. The summed E-state index contributed by atoms with van der Waals surface area (Å²) in [5, 5.41) is 12.6. The molecule has 0 aliphatic heterocycles. The van der Waals surface area contributed by atoms with Gasteiger partial charge in [-0.1, -0.05) is 87.8 Å². The fourth-order valence-corrected chi connectivity index (χ4v) is 6.18. The van der Waals surface area contributed by atoms with Gasteiger partial charge in [0.25, 0.3) is 0 Å². The third-order valence-electron chi connectivity index (χ3n) is 8.73. The number of hydrogen-bond acceptors (Lipinski definition) is 6. The summed E-state index contributed by atoms with van der Waals surface area (Å²) in [6.45, 7) is 14.3. The number of nitrogens with one attached hydrogen (secondary N) is 2. The highest BCUT2D eigenvalue weighted by Gasteiger charge is 2.27. The number of hydrogen-bond donors (Lipinski definition) is 4. The minimum absolute atomic E-state index is 0.0179. The van der Waals surface area contributed by atoms with Crippen LogP contribution in [0.25, 0.3) is 22.3 Å². The summed E-state index contributed by atoms with van der Waals surface area (Å²) in [7, 11) is 3.57. The van der Waals surface area contributed by atoms with E-state index >= 15 is 0 Å². The van der Waals surface area contributed by atoms with Gasteiger partial charge in [0.15, 0.2) is 0 Å². The maximum Gasteiger partial charge on any atom is 0.147 e. The van der Waals surface area contributed by atoms with E-state index in [-0.39, 0.29) is 22.6 Å². The molecule has 7 nitrogen and oxygen atoms in total. The van der Waals surface area contributed by atoms with Crippen molar-refractivity contribution in [2.45, 2.75) is 78.2 Å². The van der Waals surface area contributed by atoms with Crippen molar-refractivity contribution < 1.29 is 14.2 Å². The predicted molar refractivity (Wildman–Crippen MR) is 212 cm³/mol. The summed E-state index contributed by atoms with van der Waals surface area (Å²) in [6, 6.07) is 19.3. The molecule has 0 saturated heterocycles. The van der Waals surface area contributed by atoms with Crippen LogP contribution in [-0.4, -0.2) is 40.8 Å². The number of imidazole rings is 1. The van der Waals surface area contributed by atoms with Crippen LogP contribution in [0, 0.1) is 12.7 Å². The highest BCUT2D eigenvalue weighted by molar-refractivity contribution is 6.43. The Labute approximate surface area is 312 Å². The molecule has 2 aromatic heterocycles. The van der Waals surface area contributed by atoms with E-state index in [4.69, 9.17) is 38.0 Å². The lowest BCUT2D eigenvalue weighted by Crippen LogP contribution is -2.20. The molecule has 0 amide bonds. The molecule has 2 atom stereocenters. The Morgan fingerprint density at radius 1 is 1.10 bits per heavy atom. The first kappa shape index (κ1) is 41.5. The molecule has 0 radical (unpaired) electrons. The zero-order chi connectivity index (χ0) is 37.7. The van der Waals surface area contributed by atoms with Gasteiger partial charge in [-0.2, -0.15) is 0 Å². The van der Waals surface area contributed by atoms with E-state index in [9.17, 15) is 4.39 Å². The molecule has 1 aliphatic carbocycles. The van der Waals surface area contributed by atoms with Gasteiger partial charge in [-0.15, -0.1) is 0 Å². The van der Waals surface area contributed by atoms with Crippen LogP contribution in [-0.2, 0) is 6.61 Å². The molecule has 274 valence electrons. The van der Waals surface area contributed by atoms with Crippen molar-refractivity contribution in [1.82, 2.24) is 20.3 Å². The molecule has 2 heterocycles. The Morgan fingerprint density at radius 2 is 1.76 bits per heavy atom. The highest BCUT2D eigenvalue weighted by Crippen LogP contribution is 2.41. The summed E-state index contributed by atoms with van der Waals surface area (Å²) in [5.74, 6) is 2.26. The second-order valence-corrected chi connectivity index (χ2v) is 12.9. The van der Waals surface area contributed by atoms with Crippen molar-refractivity contribution in [3.63, 3.8) is 0 Å². The molecule has 1 saturated carbocycles. The smallest absolute Gasteiger partial charge is 0.147 e. The second kappa shape index (κ2) is 20.2. The number of likely N-dealkylation sites (N-methyl/N-ethyl adjacent to an activating group) is 1. The van der Waals surface area contributed by atoms with Crippen LogP contribution in [0.15, 0.2) is 73.4 Å². The Hall–Kier alpha value is -3.95. The molecule has 0 bridgehead atoms. The fourth-order valence-electron chi connectivity index (χ4n) is 5.77. The van der Waals surface area contributed by atoms with Crippen molar-refractivity contribution >= 4 is 34.2 Å². The number of pyridine rings is 1. The lowest BCUT2D eigenvalue weighted by atomic mass is 9.87. The average Bonchev–Trinajstić information content (AvgIpc) is 3.92. The predicted octanol–water partition coefficient (Wildman–Crippen LogP) is 10.4. The van der Waals surface area contributed by atoms with Crippen molar-refractivity contribution in [2.24, 2.45) is 5.73 Å². The molecule has 10 heteroatoms. The standard InChI is InChI=1S/C25H27Cl2FN2.C12H14N2O2.C2H5N.C2H6/c1-5-15(2)19-13-22(20(14-29-4)17-9-7-6-8-10-17)30-25(16(19)3)18-11-12-21(28)24(27)23(18)26;1-16-10-5-7(6-15)4-9-11(10)14-12(13-9)8-2-3-8;1-2-3;1-2/h6-13,15,20,29H,5,14H2,1-4H3;4-5,8,15H,2-3,6H2,1H3,(H,13,14);2H,1,3H2;1-2H3. The van der Waals surface area contributed by atoms with E-state index in [1.54, 1.807) is 13.2 Å². The largest absolute Gasteiger partial charge is 0.494 e. The first-order valence-corrected chi connectivity index (χ1v) is 18.2. The number of aromatic nitrogens is 3. The molecular weight excluding hydrogens is 684 g/mol. The summed E-state index contributed by atoms with van der Waals surface area (Å²) in [6.07, 6.45) is 4.69. The van der Waals surface area contributed by atoms with Crippen LogP contribution in [0.1, 0.15) is 98.5 Å². The molecule has 3 aromatic carbocycles. The zero-order valence-corrected chi connectivity index (χ0v) is 32.3. The van der Waals surface area contributed by atoms with E-state index in [1.165, 1.54) is 36.2 Å². The van der Waals surface area contributed by atoms with Gasteiger partial charge in [0.1, 0.15) is 22.9 Å². The van der Waals surface area contributed by atoms with Crippen molar-refractivity contribution in [2.75, 3.05) is 20.7 Å². The van der Waals surface area contributed by atoms with Gasteiger partial charge in [0.2, 0.25) is 0 Å². The molecule has 1 aliphatic rings. The van der Waals surface area contributed by atoms with Crippen molar-refractivity contribution in [3.05, 3.63) is 123 Å². The third kappa shape index (κ3) is 10.3. The maximum atomic E-state index is 13.9. The third-order valence-corrected chi connectivity index (χ3v) is 9.59. The van der Waals surface area contributed by atoms with Crippen LogP contribution in [0.5, 0.6) is 5.75 Å². The fraction of sp³-hybridized carbons (Fsp3) is 0.366.